The van der Waals surface area contributed by atoms with Gasteiger partial charge in [0.2, 0.25) is 21.7 Å². The molecule has 4 N–H and O–H groups in total. The van der Waals surface area contributed by atoms with Crippen LogP contribution in [0.3, 0.4) is 0 Å². The fraction of sp³-hybridized carbons (Fsp3) is 0.434. The van der Waals surface area contributed by atoms with E-state index in [9.17, 15) is 19.2 Å². The van der Waals surface area contributed by atoms with E-state index in [4.69, 9.17) is 19.4 Å². The highest BCUT2D eigenvalue weighted by atomic mass is 32.2. The number of aromatic amines is 2. The van der Waals surface area contributed by atoms with Crippen molar-refractivity contribution < 1.29 is 45.9 Å². The van der Waals surface area contributed by atoms with Crippen molar-refractivity contribution in [2.75, 3.05) is 45.3 Å². The number of halogens is 2. The zero-order valence-corrected chi connectivity index (χ0v) is 42.6. The summed E-state index contributed by atoms with van der Waals surface area (Å²) < 4.78 is 71.8. The van der Waals surface area contributed by atoms with Crippen molar-refractivity contribution in [3.8, 4) is 22.3 Å². The van der Waals surface area contributed by atoms with Crippen LogP contribution in [0, 0.1) is 23.5 Å². The molecule has 0 aliphatic carbocycles. The van der Waals surface area contributed by atoms with Gasteiger partial charge in [-0.1, -0.05) is 52.0 Å². The normalized spacial score (nSPS) is 18.2. The lowest BCUT2D eigenvalue weighted by molar-refractivity contribution is -0.136. The lowest BCUT2D eigenvalue weighted by atomic mass is 9.99. The number of alkyl carbamates (subject to hydrolysis) is 2. The third kappa shape index (κ3) is 10.0. The number of aromatic nitrogens is 4. The number of piperidine rings is 1. The number of likely N-dealkylation sites (tertiary alicyclic amines) is 2. The van der Waals surface area contributed by atoms with Crippen LogP contribution in [0.25, 0.3) is 44.3 Å². The Balaban J connectivity index is 1.08. The molecule has 17 nitrogen and oxygen atoms in total. The monoisotopic (exact) mass is 1020 g/mol. The predicted octanol–water partition coefficient (Wildman–Crippen LogP) is 8.96. The standard InChI is InChI=1S/C53H61F2N9O8S/c1-29(2)45(60-52(67)71-5)50(65)63-22-10-12-42(63)48-56-38-18-15-31(24-40(38)58-48)32-14-17-35(44(26-32)73(69,70)34-27-36(54)47(37(55)28-34)62-20-8-7-9-21-62)33-16-19-39-41(25-33)59-49(57-39)43-13-11-23-64(43)51(66)46(30(3)4)61-53(68)72-6/h14-19,24-30,42-43,45-46H,7-13,20-23H2,1-6H3,(H,56,58)(H,57,59)(H,60,67)(H,61,68)/t42-,43-,45-,46-/m0/s1. The van der Waals surface area contributed by atoms with Crippen LogP contribution in [0.4, 0.5) is 24.1 Å². The van der Waals surface area contributed by atoms with E-state index in [-0.39, 0.29) is 39.8 Å². The van der Waals surface area contributed by atoms with Gasteiger partial charge in [-0.15, -0.1) is 0 Å². The van der Waals surface area contributed by atoms with Gasteiger partial charge in [-0.25, -0.2) is 36.8 Å². The van der Waals surface area contributed by atoms with Crippen molar-refractivity contribution in [1.82, 2.24) is 40.4 Å². The smallest absolute Gasteiger partial charge is 0.407 e. The molecule has 0 bridgehead atoms. The number of carbonyl (C=O) groups excluding carboxylic acids is 4. The van der Waals surface area contributed by atoms with Gasteiger partial charge in [0.25, 0.3) is 0 Å². The van der Waals surface area contributed by atoms with Crippen LogP contribution in [-0.2, 0) is 28.9 Å². The van der Waals surface area contributed by atoms with Gasteiger partial charge in [0.15, 0.2) is 11.6 Å². The number of hydrogen-bond acceptors (Lipinski definition) is 11. The van der Waals surface area contributed by atoms with Gasteiger partial charge in [-0.05, 0) is 116 Å². The minimum absolute atomic E-state index is 0.190. The third-order valence-corrected chi connectivity index (χ3v) is 16.1. The summed E-state index contributed by atoms with van der Waals surface area (Å²) in [4.78, 5) is 72.9. The molecule has 3 aliphatic rings. The Bertz CT molecular complexity index is 3180. The summed E-state index contributed by atoms with van der Waals surface area (Å²) in [6, 6.07) is 15.0. The van der Waals surface area contributed by atoms with Gasteiger partial charge in [-0.3, -0.25) is 9.59 Å². The summed E-state index contributed by atoms with van der Waals surface area (Å²) in [7, 11) is -2.14. The second-order valence-corrected chi connectivity index (χ2v) is 21.7. The van der Waals surface area contributed by atoms with E-state index < -0.39 is 62.7 Å². The molecule has 0 saturated carbocycles. The zero-order chi connectivity index (χ0) is 51.9. The second kappa shape index (κ2) is 20.8. The second-order valence-electron chi connectivity index (χ2n) is 19.8. The molecule has 5 heterocycles. The molecule has 6 aromatic rings. The summed E-state index contributed by atoms with van der Waals surface area (Å²) >= 11 is 0. The number of amides is 4. The zero-order valence-electron chi connectivity index (χ0n) is 41.8. The minimum Gasteiger partial charge on any atom is -0.453 e. The van der Waals surface area contributed by atoms with Crippen LogP contribution in [-0.4, -0.2) is 115 Å². The first-order valence-corrected chi connectivity index (χ1v) is 26.4. The molecule has 386 valence electrons. The molecule has 9 rings (SSSR count). The number of ether oxygens (including phenoxy) is 2. The van der Waals surface area contributed by atoms with E-state index in [2.05, 4.69) is 20.6 Å². The lowest BCUT2D eigenvalue weighted by Gasteiger charge is -2.29. The number of nitrogens with zero attached hydrogens (tertiary/aromatic N) is 5. The number of imidazole rings is 2. The van der Waals surface area contributed by atoms with Crippen molar-refractivity contribution in [3.05, 3.63) is 90.0 Å². The third-order valence-electron chi connectivity index (χ3n) is 14.4. The Labute approximate surface area is 422 Å². The molecular weight excluding hydrogens is 961 g/mol. The fourth-order valence-corrected chi connectivity index (χ4v) is 12.0. The summed E-state index contributed by atoms with van der Waals surface area (Å²) in [6.07, 6.45) is 3.76. The summed E-state index contributed by atoms with van der Waals surface area (Å²) in [5, 5.41) is 5.33. The number of nitrogens with one attached hydrogen (secondary N) is 4. The van der Waals surface area contributed by atoms with Gasteiger partial charge in [-0.2, -0.15) is 0 Å². The molecule has 3 saturated heterocycles. The number of fused-ring (bicyclic) bond motifs is 2. The van der Waals surface area contributed by atoms with Crippen LogP contribution in [0.5, 0.6) is 0 Å². The number of benzene rings is 4. The number of H-pyrrole nitrogens is 2. The number of carbonyl (C=O) groups is 4. The average Bonchev–Trinajstić information content (AvgIpc) is 4.22. The number of hydrogen-bond donors (Lipinski definition) is 4. The Morgan fingerprint density at radius 2 is 1.10 bits per heavy atom. The van der Waals surface area contributed by atoms with Crippen LogP contribution < -0.4 is 15.5 Å². The van der Waals surface area contributed by atoms with Gasteiger partial charge in [0.1, 0.15) is 29.4 Å². The Kier molecular flexibility index (Phi) is 14.5. The maximum absolute atomic E-state index is 16.1. The van der Waals surface area contributed by atoms with E-state index in [1.54, 1.807) is 51.1 Å². The van der Waals surface area contributed by atoms with Crippen LogP contribution in [0.15, 0.2) is 76.5 Å². The highest BCUT2D eigenvalue weighted by Gasteiger charge is 2.39. The quantitative estimate of drug-likeness (QED) is 0.0857. The number of sulfone groups is 1. The van der Waals surface area contributed by atoms with Crippen molar-refractivity contribution in [1.29, 1.82) is 0 Å². The van der Waals surface area contributed by atoms with Crippen LogP contribution in [0.2, 0.25) is 0 Å². The molecule has 3 fully saturated rings. The van der Waals surface area contributed by atoms with E-state index >= 15 is 17.2 Å². The molecule has 4 aromatic carbocycles. The minimum atomic E-state index is -4.63. The predicted molar refractivity (Wildman–Crippen MR) is 270 cm³/mol. The van der Waals surface area contributed by atoms with E-state index in [0.29, 0.717) is 95.8 Å². The fourth-order valence-electron chi connectivity index (χ4n) is 10.5. The van der Waals surface area contributed by atoms with Gasteiger partial charge in [0.05, 0.1) is 58.2 Å². The van der Waals surface area contributed by atoms with E-state index in [0.717, 1.165) is 37.8 Å². The number of methoxy groups -OCH3 is 2. The molecule has 0 spiro atoms. The van der Waals surface area contributed by atoms with Crippen molar-refractivity contribution in [2.45, 2.75) is 107 Å². The first-order valence-electron chi connectivity index (χ1n) is 24.9. The summed E-state index contributed by atoms with van der Waals surface area (Å²) in [5.74, 6) is -1.78. The van der Waals surface area contributed by atoms with Gasteiger partial charge >= 0.3 is 12.2 Å². The van der Waals surface area contributed by atoms with Gasteiger partial charge < -0.3 is 44.8 Å². The summed E-state index contributed by atoms with van der Waals surface area (Å²) in [5.41, 5.74) is 4.00. The molecular formula is C53H61F2N9O8S. The number of rotatable bonds is 13. The molecule has 73 heavy (non-hydrogen) atoms. The van der Waals surface area contributed by atoms with Crippen molar-refractivity contribution in [2.24, 2.45) is 11.8 Å². The lowest BCUT2D eigenvalue weighted by Crippen LogP contribution is -2.51. The van der Waals surface area contributed by atoms with Crippen molar-refractivity contribution >= 4 is 61.6 Å². The van der Waals surface area contributed by atoms with E-state index in [1.807, 2.05) is 39.8 Å². The van der Waals surface area contributed by atoms with E-state index in [1.165, 1.54) is 20.3 Å². The topological polar surface area (TPSA) is 212 Å². The molecule has 20 heteroatoms. The maximum Gasteiger partial charge on any atom is 0.407 e. The summed E-state index contributed by atoms with van der Waals surface area (Å²) in [6.45, 7) is 9.21. The van der Waals surface area contributed by atoms with Crippen molar-refractivity contribution in [3.63, 3.8) is 0 Å². The molecule has 2 aromatic heterocycles. The average molecular weight is 1020 g/mol. The number of anilines is 1. The molecule has 4 amide bonds. The van der Waals surface area contributed by atoms with Gasteiger partial charge in [0, 0.05) is 31.7 Å². The van der Waals surface area contributed by atoms with Crippen LogP contribution >= 0.6 is 0 Å². The first kappa shape index (κ1) is 50.8. The molecule has 0 unspecified atom stereocenters. The Morgan fingerprint density at radius 3 is 1.59 bits per heavy atom. The SMILES string of the molecule is COC(=O)N[C@H](C(=O)N1CCC[C@H]1c1nc2ccc(-c3ccc(-c4ccc5nc([C@@H]6CCCN6C(=O)[C@@H](NC(=O)OC)C(C)C)[nH]c5c4)c(S(=O)(=O)c4cc(F)c(N5CCCCC5)c(F)c4)c3)cc2[nH]1)C(C)C. The Morgan fingerprint density at radius 1 is 0.630 bits per heavy atom. The molecule has 3 aliphatic heterocycles. The molecule has 0 radical (unpaired) electrons. The largest absolute Gasteiger partial charge is 0.453 e. The first-order chi connectivity index (χ1) is 35.0. The highest BCUT2D eigenvalue weighted by molar-refractivity contribution is 7.91. The molecule has 4 atom stereocenters. The van der Waals surface area contributed by atoms with Crippen LogP contribution in [0.1, 0.15) is 96.4 Å². The Hall–Kier alpha value is -7.09. The maximum atomic E-state index is 16.1. The highest BCUT2D eigenvalue weighted by Crippen LogP contribution is 2.40.